The summed E-state index contributed by atoms with van der Waals surface area (Å²) >= 11 is 0. The van der Waals surface area contributed by atoms with E-state index >= 15 is 0 Å². The van der Waals surface area contributed by atoms with Gasteiger partial charge in [0.05, 0.1) is 11.2 Å². The summed E-state index contributed by atoms with van der Waals surface area (Å²) in [7, 11) is 0. The predicted octanol–water partition coefficient (Wildman–Crippen LogP) is 3.15. The zero-order chi connectivity index (χ0) is 14.6. The maximum absolute atomic E-state index is 11.9. The number of hydrogen-bond donors (Lipinski definition) is 2. The number of carbonyl (C=O) groups is 1. The van der Waals surface area contributed by atoms with Crippen LogP contribution in [0.4, 0.5) is 5.69 Å². The van der Waals surface area contributed by atoms with Crippen LogP contribution < -0.4 is 15.8 Å². The molecule has 0 saturated heterocycles. The van der Waals surface area contributed by atoms with Crippen molar-refractivity contribution in [3.8, 4) is 11.5 Å². The van der Waals surface area contributed by atoms with Gasteiger partial charge in [0.1, 0.15) is 5.75 Å². The Morgan fingerprint density at radius 2 is 1.65 bits per heavy atom. The number of rotatable bonds is 4. The highest BCUT2D eigenvalue weighted by molar-refractivity contribution is 5.98. The summed E-state index contributed by atoms with van der Waals surface area (Å²) in [5, 5.41) is 2.78. The van der Waals surface area contributed by atoms with Crippen LogP contribution in [-0.2, 0) is 4.79 Å². The van der Waals surface area contributed by atoms with Crippen molar-refractivity contribution in [2.24, 2.45) is 5.73 Å². The largest absolute Gasteiger partial charge is 0.455 e. The maximum Gasteiger partial charge on any atom is 0.243 e. The SMILES string of the molecule is CC(C)(N)C(=O)Nc1ccccc1Oc1ccccc1. The molecule has 2 aromatic rings. The summed E-state index contributed by atoms with van der Waals surface area (Å²) in [6.07, 6.45) is 0. The lowest BCUT2D eigenvalue weighted by Crippen LogP contribution is -2.45. The third-order valence-electron chi connectivity index (χ3n) is 2.69. The molecular formula is C16H18N2O2. The van der Waals surface area contributed by atoms with Gasteiger partial charge in [-0.25, -0.2) is 0 Å². The van der Waals surface area contributed by atoms with Crippen molar-refractivity contribution in [3.63, 3.8) is 0 Å². The standard InChI is InChI=1S/C16H18N2O2/c1-16(2,17)15(19)18-13-10-6-7-11-14(13)20-12-8-4-3-5-9-12/h3-11H,17H2,1-2H3,(H,18,19). The van der Waals surface area contributed by atoms with E-state index in [1.807, 2.05) is 42.5 Å². The molecule has 0 fully saturated rings. The molecule has 104 valence electrons. The topological polar surface area (TPSA) is 64.4 Å². The van der Waals surface area contributed by atoms with Crippen LogP contribution in [-0.4, -0.2) is 11.4 Å². The van der Waals surface area contributed by atoms with Crippen molar-refractivity contribution in [1.82, 2.24) is 0 Å². The third kappa shape index (κ3) is 3.59. The number of amides is 1. The molecule has 3 N–H and O–H groups in total. The number of para-hydroxylation sites is 3. The van der Waals surface area contributed by atoms with Crippen molar-refractivity contribution in [2.75, 3.05) is 5.32 Å². The maximum atomic E-state index is 11.9. The molecule has 0 atom stereocenters. The molecule has 0 spiro atoms. The minimum atomic E-state index is -0.945. The zero-order valence-corrected chi connectivity index (χ0v) is 11.6. The first-order valence-corrected chi connectivity index (χ1v) is 6.39. The van der Waals surface area contributed by atoms with E-state index in [0.29, 0.717) is 17.2 Å². The molecule has 4 nitrogen and oxygen atoms in total. The van der Waals surface area contributed by atoms with Crippen molar-refractivity contribution in [3.05, 3.63) is 54.6 Å². The van der Waals surface area contributed by atoms with Crippen molar-refractivity contribution in [1.29, 1.82) is 0 Å². The Hall–Kier alpha value is -2.33. The quantitative estimate of drug-likeness (QED) is 0.897. The van der Waals surface area contributed by atoms with Gasteiger partial charge in [0.25, 0.3) is 0 Å². The van der Waals surface area contributed by atoms with Crippen LogP contribution in [0.5, 0.6) is 11.5 Å². The summed E-state index contributed by atoms with van der Waals surface area (Å²) in [5.41, 5.74) is 5.43. The van der Waals surface area contributed by atoms with Gasteiger partial charge in [-0.1, -0.05) is 30.3 Å². The fourth-order valence-corrected chi connectivity index (χ4v) is 1.56. The first-order valence-electron chi connectivity index (χ1n) is 6.39. The van der Waals surface area contributed by atoms with Gasteiger partial charge in [-0.15, -0.1) is 0 Å². The number of carbonyl (C=O) groups excluding carboxylic acids is 1. The normalized spacial score (nSPS) is 10.9. The first-order chi connectivity index (χ1) is 9.47. The van der Waals surface area contributed by atoms with Crippen molar-refractivity contribution < 1.29 is 9.53 Å². The summed E-state index contributed by atoms with van der Waals surface area (Å²) in [4.78, 5) is 11.9. The molecule has 0 aromatic heterocycles. The Bertz CT molecular complexity index is 589. The number of anilines is 1. The van der Waals surface area contributed by atoms with Crippen molar-refractivity contribution >= 4 is 11.6 Å². The smallest absolute Gasteiger partial charge is 0.243 e. The van der Waals surface area contributed by atoms with Crippen LogP contribution in [0.25, 0.3) is 0 Å². The van der Waals surface area contributed by atoms with Crippen LogP contribution >= 0.6 is 0 Å². The Balaban J connectivity index is 2.21. The van der Waals surface area contributed by atoms with E-state index in [1.54, 1.807) is 26.0 Å². The number of hydrogen-bond acceptors (Lipinski definition) is 3. The lowest BCUT2D eigenvalue weighted by molar-refractivity contribution is -0.120. The fraction of sp³-hybridized carbons (Fsp3) is 0.188. The van der Waals surface area contributed by atoms with Crippen LogP contribution in [0, 0.1) is 0 Å². The average molecular weight is 270 g/mol. The Morgan fingerprint density at radius 1 is 1.05 bits per heavy atom. The van der Waals surface area contributed by atoms with E-state index in [9.17, 15) is 4.79 Å². The second-order valence-corrected chi connectivity index (χ2v) is 5.09. The lowest BCUT2D eigenvalue weighted by Gasteiger charge is -2.19. The van der Waals surface area contributed by atoms with Gasteiger partial charge in [0.2, 0.25) is 5.91 Å². The minimum Gasteiger partial charge on any atom is -0.455 e. The van der Waals surface area contributed by atoms with Gasteiger partial charge >= 0.3 is 0 Å². The second-order valence-electron chi connectivity index (χ2n) is 5.09. The number of ether oxygens (including phenoxy) is 1. The highest BCUT2D eigenvalue weighted by atomic mass is 16.5. The van der Waals surface area contributed by atoms with Gasteiger partial charge in [-0.05, 0) is 38.1 Å². The molecule has 2 rings (SSSR count). The molecule has 0 saturated carbocycles. The van der Waals surface area contributed by atoms with Crippen LogP contribution in [0.2, 0.25) is 0 Å². The molecule has 0 unspecified atom stereocenters. The highest BCUT2D eigenvalue weighted by Crippen LogP contribution is 2.29. The van der Waals surface area contributed by atoms with Crippen LogP contribution in [0.3, 0.4) is 0 Å². The molecule has 0 bridgehead atoms. The highest BCUT2D eigenvalue weighted by Gasteiger charge is 2.22. The van der Waals surface area contributed by atoms with Crippen LogP contribution in [0.1, 0.15) is 13.8 Å². The predicted molar refractivity (Wildman–Crippen MR) is 79.9 cm³/mol. The number of benzene rings is 2. The Morgan fingerprint density at radius 3 is 2.30 bits per heavy atom. The number of nitrogens with one attached hydrogen (secondary N) is 1. The van der Waals surface area contributed by atoms with Crippen molar-refractivity contribution in [2.45, 2.75) is 19.4 Å². The molecule has 0 aliphatic rings. The summed E-state index contributed by atoms with van der Waals surface area (Å²) in [6.45, 7) is 3.31. The van der Waals surface area contributed by atoms with Gasteiger partial charge in [0.15, 0.2) is 5.75 Å². The summed E-state index contributed by atoms with van der Waals surface area (Å²) in [5.74, 6) is 1.03. The van der Waals surface area contributed by atoms with Gasteiger partial charge in [0, 0.05) is 0 Å². The van der Waals surface area contributed by atoms with E-state index in [-0.39, 0.29) is 5.91 Å². The average Bonchev–Trinajstić information content (AvgIpc) is 2.41. The Labute approximate surface area is 118 Å². The minimum absolute atomic E-state index is 0.262. The molecule has 20 heavy (non-hydrogen) atoms. The van der Waals surface area contributed by atoms with E-state index in [2.05, 4.69) is 5.32 Å². The van der Waals surface area contributed by atoms with E-state index in [1.165, 1.54) is 0 Å². The fourth-order valence-electron chi connectivity index (χ4n) is 1.56. The monoisotopic (exact) mass is 270 g/mol. The third-order valence-corrected chi connectivity index (χ3v) is 2.69. The molecule has 0 heterocycles. The first kappa shape index (κ1) is 14.1. The lowest BCUT2D eigenvalue weighted by atomic mass is 10.1. The Kier molecular flexibility index (Phi) is 4.05. The molecule has 0 aliphatic carbocycles. The molecule has 0 radical (unpaired) electrons. The van der Waals surface area contributed by atoms with Gasteiger partial charge in [-0.2, -0.15) is 0 Å². The van der Waals surface area contributed by atoms with Gasteiger partial charge < -0.3 is 15.8 Å². The zero-order valence-electron chi connectivity index (χ0n) is 11.6. The molecule has 1 amide bonds. The molecule has 2 aromatic carbocycles. The van der Waals surface area contributed by atoms with E-state index in [4.69, 9.17) is 10.5 Å². The van der Waals surface area contributed by atoms with Crippen LogP contribution in [0.15, 0.2) is 54.6 Å². The second kappa shape index (κ2) is 5.75. The van der Waals surface area contributed by atoms with E-state index < -0.39 is 5.54 Å². The molecule has 0 aliphatic heterocycles. The van der Waals surface area contributed by atoms with Gasteiger partial charge in [-0.3, -0.25) is 4.79 Å². The summed E-state index contributed by atoms with van der Waals surface area (Å²) in [6, 6.07) is 16.7. The van der Waals surface area contributed by atoms with E-state index in [0.717, 1.165) is 0 Å². The number of nitrogens with two attached hydrogens (primary N) is 1. The summed E-state index contributed by atoms with van der Waals surface area (Å²) < 4.78 is 5.77. The molecular weight excluding hydrogens is 252 g/mol. The molecule has 4 heteroatoms.